The van der Waals surface area contributed by atoms with Crippen LogP contribution in [0.2, 0.25) is 0 Å². The number of unbranched alkanes of at least 4 members (excludes halogenated alkanes) is 1. The molecule has 1 aliphatic heterocycles. The molecule has 1 aliphatic rings. The van der Waals surface area contributed by atoms with Crippen LogP contribution in [-0.2, 0) is 9.53 Å². The van der Waals surface area contributed by atoms with Gasteiger partial charge in [-0.1, -0.05) is 26.7 Å². The van der Waals surface area contributed by atoms with Crippen molar-refractivity contribution in [1.29, 1.82) is 0 Å². The first-order valence-electron chi connectivity index (χ1n) is 6.77. The molecule has 0 saturated carbocycles. The van der Waals surface area contributed by atoms with Crippen LogP contribution in [0.15, 0.2) is 0 Å². The lowest BCUT2D eigenvalue weighted by Gasteiger charge is -2.39. The highest BCUT2D eigenvalue weighted by atomic mass is 16.5. The molecule has 4 nitrogen and oxygen atoms in total. The predicted molar refractivity (Wildman–Crippen MR) is 68.7 cm³/mol. The minimum atomic E-state index is -0.339. The summed E-state index contributed by atoms with van der Waals surface area (Å²) in [5.41, 5.74) is 5.96. The van der Waals surface area contributed by atoms with E-state index in [4.69, 9.17) is 10.5 Å². The highest BCUT2D eigenvalue weighted by molar-refractivity contribution is 5.82. The average Bonchev–Trinajstić information content (AvgIpc) is 2.34. The molecule has 0 spiro atoms. The lowest BCUT2D eigenvalue weighted by molar-refractivity contribution is -0.145. The Morgan fingerprint density at radius 3 is 2.82 bits per heavy atom. The zero-order valence-electron chi connectivity index (χ0n) is 11.3. The fourth-order valence-electron chi connectivity index (χ4n) is 2.21. The molecule has 3 unspecified atom stereocenters. The number of morpholine rings is 1. The standard InChI is InChI=1S/C13H26N2O2/c1-4-6-7-12(14)13(16)15-8-10(3)17-9-11(15)5-2/h10-12H,4-9,14H2,1-3H3. The molecule has 100 valence electrons. The van der Waals surface area contributed by atoms with E-state index < -0.39 is 0 Å². The Bertz CT molecular complexity index is 246. The normalized spacial score (nSPS) is 26.9. The fourth-order valence-corrected chi connectivity index (χ4v) is 2.21. The summed E-state index contributed by atoms with van der Waals surface area (Å²) >= 11 is 0. The number of carbonyl (C=O) groups excluding carboxylic acids is 1. The molecule has 1 fully saturated rings. The molecule has 0 aliphatic carbocycles. The minimum Gasteiger partial charge on any atom is -0.375 e. The van der Waals surface area contributed by atoms with Gasteiger partial charge in [-0.05, 0) is 19.8 Å². The summed E-state index contributed by atoms with van der Waals surface area (Å²) in [5.74, 6) is 0.0976. The smallest absolute Gasteiger partial charge is 0.239 e. The van der Waals surface area contributed by atoms with E-state index in [1.54, 1.807) is 0 Å². The highest BCUT2D eigenvalue weighted by Crippen LogP contribution is 2.16. The zero-order chi connectivity index (χ0) is 12.8. The van der Waals surface area contributed by atoms with Crippen LogP contribution in [0.4, 0.5) is 0 Å². The van der Waals surface area contributed by atoms with Crippen LogP contribution >= 0.6 is 0 Å². The summed E-state index contributed by atoms with van der Waals surface area (Å²) in [6.45, 7) is 7.52. The number of hydrogen-bond donors (Lipinski definition) is 1. The van der Waals surface area contributed by atoms with Gasteiger partial charge in [0.15, 0.2) is 0 Å². The van der Waals surface area contributed by atoms with Gasteiger partial charge in [0.25, 0.3) is 0 Å². The lowest BCUT2D eigenvalue weighted by atomic mass is 10.1. The first-order valence-corrected chi connectivity index (χ1v) is 6.77. The molecule has 1 saturated heterocycles. The van der Waals surface area contributed by atoms with Crippen LogP contribution in [-0.4, -0.2) is 42.1 Å². The van der Waals surface area contributed by atoms with Gasteiger partial charge in [0, 0.05) is 6.54 Å². The van der Waals surface area contributed by atoms with E-state index >= 15 is 0 Å². The summed E-state index contributed by atoms with van der Waals surface area (Å²) in [7, 11) is 0. The van der Waals surface area contributed by atoms with Crippen molar-refractivity contribution < 1.29 is 9.53 Å². The van der Waals surface area contributed by atoms with E-state index in [0.29, 0.717) is 13.2 Å². The lowest BCUT2D eigenvalue weighted by Crippen LogP contribution is -2.55. The highest BCUT2D eigenvalue weighted by Gasteiger charge is 2.31. The van der Waals surface area contributed by atoms with Gasteiger partial charge in [0.05, 0.1) is 24.8 Å². The van der Waals surface area contributed by atoms with Gasteiger partial charge in [-0.15, -0.1) is 0 Å². The van der Waals surface area contributed by atoms with Crippen LogP contribution < -0.4 is 5.73 Å². The molecule has 0 aromatic heterocycles. The van der Waals surface area contributed by atoms with E-state index in [0.717, 1.165) is 25.7 Å². The molecule has 0 aromatic carbocycles. The maximum atomic E-state index is 12.3. The van der Waals surface area contributed by atoms with E-state index in [2.05, 4.69) is 13.8 Å². The molecule has 2 N–H and O–H groups in total. The van der Waals surface area contributed by atoms with Crippen LogP contribution in [0.3, 0.4) is 0 Å². The van der Waals surface area contributed by atoms with Gasteiger partial charge in [0.2, 0.25) is 5.91 Å². The molecule has 17 heavy (non-hydrogen) atoms. The number of nitrogens with two attached hydrogens (primary N) is 1. The monoisotopic (exact) mass is 242 g/mol. The summed E-state index contributed by atoms with van der Waals surface area (Å²) in [6.07, 6.45) is 3.94. The zero-order valence-corrected chi connectivity index (χ0v) is 11.3. The summed E-state index contributed by atoms with van der Waals surface area (Å²) < 4.78 is 5.59. The third-order valence-corrected chi connectivity index (χ3v) is 3.41. The summed E-state index contributed by atoms with van der Waals surface area (Å²) in [5, 5.41) is 0. The van der Waals surface area contributed by atoms with Crippen molar-refractivity contribution in [3.8, 4) is 0 Å². The van der Waals surface area contributed by atoms with Crippen molar-refractivity contribution in [2.45, 2.75) is 64.6 Å². The van der Waals surface area contributed by atoms with E-state index in [1.807, 2.05) is 11.8 Å². The van der Waals surface area contributed by atoms with Crippen LogP contribution in [0.1, 0.15) is 46.5 Å². The van der Waals surface area contributed by atoms with Gasteiger partial charge in [0.1, 0.15) is 0 Å². The van der Waals surface area contributed by atoms with Crippen molar-refractivity contribution >= 4 is 5.91 Å². The van der Waals surface area contributed by atoms with Crippen molar-refractivity contribution in [2.75, 3.05) is 13.2 Å². The number of hydrogen-bond acceptors (Lipinski definition) is 3. The van der Waals surface area contributed by atoms with E-state index in [9.17, 15) is 4.79 Å². The quantitative estimate of drug-likeness (QED) is 0.795. The third kappa shape index (κ3) is 3.96. The summed E-state index contributed by atoms with van der Waals surface area (Å²) in [6, 6.07) is -0.138. The SMILES string of the molecule is CCCCC(N)C(=O)N1CC(C)OCC1CC. The Hall–Kier alpha value is -0.610. The van der Waals surface area contributed by atoms with Gasteiger partial charge >= 0.3 is 0 Å². The molecule has 1 heterocycles. The largest absolute Gasteiger partial charge is 0.375 e. The number of carbonyl (C=O) groups is 1. The Labute approximate surface area is 104 Å². The van der Waals surface area contributed by atoms with E-state index in [-0.39, 0.29) is 24.1 Å². The first kappa shape index (κ1) is 14.5. The van der Waals surface area contributed by atoms with Gasteiger partial charge in [-0.3, -0.25) is 4.79 Å². The third-order valence-electron chi connectivity index (χ3n) is 3.41. The van der Waals surface area contributed by atoms with Crippen molar-refractivity contribution in [3.05, 3.63) is 0 Å². The molecule has 0 radical (unpaired) electrons. The maximum Gasteiger partial charge on any atom is 0.239 e. The second-order valence-corrected chi connectivity index (χ2v) is 4.95. The molecule has 1 amide bonds. The molecule has 3 atom stereocenters. The minimum absolute atomic E-state index is 0.0976. The average molecular weight is 242 g/mol. The van der Waals surface area contributed by atoms with Crippen molar-refractivity contribution in [2.24, 2.45) is 5.73 Å². The predicted octanol–water partition coefficient (Wildman–Crippen LogP) is 1.53. The molecular weight excluding hydrogens is 216 g/mol. The topological polar surface area (TPSA) is 55.6 Å². The van der Waals surface area contributed by atoms with Crippen LogP contribution in [0.5, 0.6) is 0 Å². The Morgan fingerprint density at radius 2 is 2.24 bits per heavy atom. The molecule has 4 heteroatoms. The van der Waals surface area contributed by atoms with Crippen molar-refractivity contribution in [1.82, 2.24) is 4.90 Å². The Balaban J connectivity index is 2.57. The number of nitrogens with zero attached hydrogens (tertiary/aromatic N) is 1. The maximum absolute atomic E-state index is 12.3. The van der Waals surface area contributed by atoms with Crippen molar-refractivity contribution in [3.63, 3.8) is 0 Å². The van der Waals surface area contributed by atoms with Gasteiger partial charge < -0.3 is 15.4 Å². The van der Waals surface area contributed by atoms with Crippen LogP contribution in [0.25, 0.3) is 0 Å². The number of ether oxygens (including phenoxy) is 1. The second-order valence-electron chi connectivity index (χ2n) is 4.95. The van der Waals surface area contributed by atoms with E-state index in [1.165, 1.54) is 0 Å². The Kier molecular flexibility index (Phi) is 5.92. The van der Waals surface area contributed by atoms with Gasteiger partial charge in [-0.25, -0.2) is 0 Å². The second kappa shape index (κ2) is 6.97. The Morgan fingerprint density at radius 1 is 1.53 bits per heavy atom. The first-order chi connectivity index (χ1) is 8.10. The number of amides is 1. The summed E-state index contributed by atoms with van der Waals surface area (Å²) in [4.78, 5) is 14.2. The fraction of sp³-hybridized carbons (Fsp3) is 0.923. The molecular formula is C13H26N2O2. The number of rotatable bonds is 5. The molecule has 1 rings (SSSR count). The van der Waals surface area contributed by atoms with Crippen LogP contribution in [0, 0.1) is 0 Å². The molecule has 0 bridgehead atoms. The van der Waals surface area contributed by atoms with Gasteiger partial charge in [-0.2, -0.15) is 0 Å². The molecule has 0 aromatic rings.